The van der Waals surface area contributed by atoms with E-state index >= 15 is 0 Å². The zero-order valence-electron chi connectivity index (χ0n) is 22.8. The average Bonchev–Trinajstić information content (AvgIpc) is 3.60. The average molecular weight is 572 g/mol. The molecule has 9 nitrogen and oxygen atoms in total. The van der Waals surface area contributed by atoms with Gasteiger partial charge in [-0.15, -0.1) is 0 Å². The largest absolute Gasteiger partial charge is 0.481 e. The first-order valence-electron chi connectivity index (χ1n) is 13.7. The van der Waals surface area contributed by atoms with Gasteiger partial charge in [-0.3, -0.25) is 9.69 Å². The fourth-order valence-corrected chi connectivity index (χ4v) is 7.87. The number of benzene rings is 1. The van der Waals surface area contributed by atoms with Crippen molar-refractivity contribution in [1.82, 2.24) is 19.2 Å². The molecule has 1 N–H and O–H groups in total. The highest BCUT2D eigenvalue weighted by Gasteiger charge is 2.31. The Kier molecular flexibility index (Phi) is 8.51. The number of ether oxygens (including phenoxy) is 1. The lowest BCUT2D eigenvalue weighted by Crippen LogP contribution is -2.50. The van der Waals surface area contributed by atoms with Crippen LogP contribution in [0.4, 0.5) is 5.13 Å². The molecular formula is C28H37N5O4S2. The Morgan fingerprint density at radius 3 is 2.38 bits per heavy atom. The number of carbonyl (C=O) groups excluding carboxylic acids is 1. The van der Waals surface area contributed by atoms with Gasteiger partial charge in [0.25, 0.3) is 0 Å². The van der Waals surface area contributed by atoms with E-state index in [0.29, 0.717) is 46.4 Å². The fourth-order valence-electron chi connectivity index (χ4n) is 5.62. The molecule has 0 radical (unpaired) electrons. The van der Waals surface area contributed by atoms with Crippen molar-refractivity contribution in [1.29, 1.82) is 0 Å². The van der Waals surface area contributed by atoms with Crippen molar-refractivity contribution >= 4 is 42.7 Å². The summed E-state index contributed by atoms with van der Waals surface area (Å²) in [5.74, 6) is 0.449. The lowest BCUT2D eigenvalue weighted by molar-refractivity contribution is -0.118. The zero-order valence-corrected chi connectivity index (χ0v) is 24.4. The van der Waals surface area contributed by atoms with Gasteiger partial charge in [0.2, 0.25) is 21.8 Å². The maximum absolute atomic E-state index is 13.6. The van der Waals surface area contributed by atoms with E-state index in [0.717, 1.165) is 37.9 Å². The number of thiazole rings is 1. The minimum absolute atomic E-state index is 0.131. The van der Waals surface area contributed by atoms with Gasteiger partial charge in [-0.25, -0.2) is 18.4 Å². The van der Waals surface area contributed by atoms with Gasteiger partial charge in [-0.05, 0) is 49.9 Å². The minimum atomic E-state index is -3.58. The van der Waals surface area contributed by atoms with Gasteiger partial charge in [-0.1, -0.05) is 49.2 Å². The molecule has 0 bridgehead atoms. The summed E-state index contributed by atoms with van der Waals surface area (Å²) in [5.41, 5.74) is 1.52. The number of fused-ring (bicyclic) bond motifs is 1. The Labute approximate surface area is 234 Å². The molecule has 1 atom stereocenters. The molecule has 3 heterocycles. The number of hydrogen-bond acceptors (Lipinski definition) is 8. The predicted octanol–water partition coefficient (Wildman–Crippen LogP) is 4.72. The van der Waals surface area contributed by atoms with Gasteiger partial charge in [-0.2, -0.15) is 4.31 Å². The van der Waals surface area contributed by atoms with Gasteiger partial charge in [0.05, 0.1) is 17.9 Å². The molecule has 2 aromatic heterocycles. The van der Waals surface area contributed by atoms with Crippen LogP contribution in [0.3, 0.4) is 0 Å². The van der Waals surface area contributed by atoms with Crippen LogP contribution in [0.15, 0.2) is 41.3 Å². The quantitative estimate of drug-likeness (QED) is 0.396. The van der Waals surface area contributed by atoms with Crippen molar-refractivity contribution in [3.8, 4) is 5.88 Å². The van der Waals surface area contributed by atoms with Crippen molar-refractivity contribution < 1.29 is 17.9 Å². The molecule has 39 heavy (non-hydrogen) atoms. The molecule has 1 saturated carbocycles. The molecular weight excluding hydrogens is 534 g/mol. The molecule has 11 heteroatoms. The number of hydrogen-bond donors (Lipinski definition) is 1. The summed E-state index contributed by atoms with van der Waals surface area (Å²) >= 11 is 1.31. The number of sulfonamides is 1. The normalized spacial score (nSPS) is 18.6. The van der Waals surface area contributed by atoms with Crippen LogP contribution < -0.4 is 10.1 Å². The Hall–Kier alpha value is -2.60. The standard InChI is InChI=1S/C28H37N5O4S2/c1-19(2)32-14-16-33(17-15-32)39(35,36)22-10-8-21(9-11-22)23(18-20-6-4-5-7-20)26(34)31-28-29-24-12-13-25(37-3)30-27(24)38-28/h8-13,19-20,23H,4-7,14-18H2,1-3H3,(H,29,31,34). The number of methoxy groups -OCH3 is 1. The molecule has 1 aliphatic heterocycles. The third-order valence-corrected chi connectivity index (χ3v) is 10.7. The van der Waals surface area contributed by atoms with Crippen LogP contribution in [0, 0.1) is 5.92 Å². The fraction of sp³-hybridized carbons (Fsp3) is 0.536. The number of nitrogens with one attached hydrogen (secondary N) is 1. The third-order valence-electron chi connectivity index (χ3n) is 7.95. The van der Waals surface area contributed by atoms with Crippen LogP contribution in [0.2, 0.25) is 0 Å². The predicted molar refractivity (Wildman–Crippen MR) is 154 cm³/mol. The Morgan fingerprint density at radius 1 is 1.05 bits per heavy atom. The summed E-state index contributed by atoms with van der Waals surface area (Å²) in [7, 11) is -2.02. The molecule has 2 fully saturated rings. The Morgan fingerprint density at radius 2 is 1.74 bits per heavy atom. The van der Waals surface area contributed by atoms with Crippen LogP contribution >= 0.6 is 11.3 Å². The second-order valence-corrected chi connectivity index (χ2v) is 13.6. The lowest BCUT2D eigenvalue weighted by Gasteiger charge is -2.36. The Bertz CT molecular complexity index is 1390. The van der Waals surface area contributed by atoms with Crippen molar-refractivity contribution in [2.24, 2.45) is 5.92 Å². The van der Waals surface area contributed by atoms with E-state index in [2.05, 4.69) is 34.0 Å². The number of amides is 1. The van der Waals surface area contributed by atoms with Gasteiger partial charge in [0, 0.05) is 38.3 Å². The third kappa shape index (κ3) is 6.26. The van der Waals surface area contributed by atoms with Gasteiger partial charge < -0.3 is 10.1 Å². The van der Waals surface area contributed by atoms with Crippen molar-refractivity contribution in [2.75, 3.05) is 38.6 Å². The van der Waals surface area contributed by atoms with Crippen LogP contribution in [0.25, 0.3) is 10.3 Å². The molecule has 1 unspecified atom stereocenters. The van der Waals surface area contributed by atoms with Crippen LogP contribution in [-0.4, -0.2) is 72.8 Å². The minimum Gasteiger partial charge on any atom is -0.481 e. The summed E-state index contributed by atoms with van der Waals surface area (Å²) in [6.07, 6.45) is 5.33. The molecule has 1 amide bonds. The molecule has 1 saturated heterocycles. The molecule has 0 spiro atoms. The number of carbonyl (C=O) groups is 1. The molecule has 2 aliphatic rings. The number of piperazine rings is 1. The van der Waals surface area contributed by atoms with Gasteiger partial charge in [0.15, 0.2) is 5.13 Å². The monoisotopic (exact) mass is 571 g/mol. The van der Waals surface area contributed by atoms with Crippen molar-refractivity contribution in [3.63, 3.8) is 0 Å². The number of pyridine rings is 1. The highest BCUT2D eigenvalue weighted by molar-refractivity contribution is 7.89. The highest BCUT2D eigenvalue weighted by atomic mass is 32.2. The first kappa shape index (κ1) is 27.9. The molecule has 1 aliphatic carbocycles. The SMILES string of the molecule is COc1ccc2nc(NC(=O)C(CC3CCCC3)c3ccc(S(=O)(=O)N4CCN(C(C)C)CC4)cc3)sc2n1. The number of nitrogens with zero attached hydrogens (tertiary/aromatic N) is 4. The topological polar surface area (TPSA) is 105 Å². The second-order valence-electron chi connectivity index (χ2n) is 10.7. The summed E-state index contributed by atoms with van der Waals surface area (Å²) in [4.78, 5) is 25.8. The van der Waals surface area contributed by atoms with E-state index in [4.69, 9.17) is 4.74 Å². The number of aromatic nitrogens is 2. The molecule has 1 aromatic carbocycles. The van der Waals surface area contributed by atoms with E-state index in [9.17, 15) is 13.2 Å². The van der Waals surface area contributed by atoms with Crippen LogP contribution in [0.5, 0.6) is 5.88 Å². The summed E-state index contributed by atoms with van der Waals surface area (Å²) < 4.78 is 33.4. The first-order valence-corrected chi connectivity index (χ1v) is 16.0. The Balaban J connectivity index is 1.34. The van der Waals surface area contributed by atoms with E-state index < -0.39 is 15.9 Å². The van der Waals surface area contributed by atoms with Gasteiger partial charge >= 0.3 is 0 Å². The molecule has 210 valence electrons. The van der Waals surface area contributed by atoms with E-state index in [1.807, 2.05) is 6.07 Å². The maximum atomic E-state index is 13.6. The second kappa shape index (κ2) is 11.9. The summed E-state index contributed by atoms with van der Waals surface area (Å²) in [5, 5.41) is 3.50. The summed E-state index contributed by atoms with van der Waals surface area (Å²) in [6.45, 7) is 6.69. The lowest BCUT2D eigenvalue weighted by atomic mass is 9.87. The maximum Gasteiger partial charge on any atom is 0.243 e. The van der Waals surface area contributed by atoms with Gasteiger partial charge in [0.1, 0.15) is 10.3 Å². The molecule has 5 rings (SSSR count). The zero-order chi connectivity index (χ0) is 27.6. The first-order chi connectivity index (χ1) is 18.7. The highest BCUT2D eigenvalue weighted by Crippen LogP contribution is 2.36. The van der Waals surface area contributed by atoms with E-state index in [1.54, 1.807) is 41.7 Å². The van der Waals surface area contributed by atoms with Crippen molar-refractivity contribution in [3.05, 3.63) is 42.0 Å². The van der Waals surface area contributed by atoms with Crippen molar-refractivity contribution in [2.45, 2.75) is 62.8 Å². The van der Waals surface area contributed by atoms with Crippen LogP contribution in [0.1, 0.15) is 57.4 Å². The number of anilines is 1. The smallest absolute Gasteiger partial charge is 0.243 e. The molecule has 3 aromatic rings. The van der Waals surface area contributed by atoms with Crippen LogP contribution in [-0.2, 0) is 14.8 Å². The van der Waals surface area contributed by atoms with E-state index in [1.165, 1.54) is 24.2 Å². The summed E-state index contributed by atoms with van der Waals surface area (Å²) in [6, 6.07) is 10.9. The number of rotatable bonds is 9. The van der Waals surface area contributed by atoms with E-state index in [-0.39, 0.29) is 10.8 Å².